The van der Waals surface area contributed by atoms with Gasteiger partial charge in [0, 0.05) is 25.7 Å². The molecule has 0 aliphatic rings. The molecular weight excluding hydrogens is 1080 g/mol. The molecule has 0 saturated heterocycles. The zero-order valence-electron chi connectivity index (χ0n) is 51.7. The van der Waals surface area contributed by atoms with Crippen molar-refractivity contribution in [1.82, 2.24) is 0 Å². The fourth-order valence-electron chi connectivity index (χ4n) is 9.28. The Balaban J connectivity index is 5.00. The van der Waals surface area contributed by atoms with Crippen LogP contribution in [0, 0.1) is 0 Å². The van der Waals surface area contributed by atoms with Crippen LogP contribution in [0.25, 0.3) is 0 Å². The number of carbonyl (C=O) groups is 4. The van der Waals surface area contributed by atoms with Gasteiger partial charge in [-0.15, -0.1) is 0 Å². The van der Waals surface area contributed by atoms with Crippen LogP contribution in [0.2, 0.25) is 0 Å². The number of rotatable bonds is 63. The molecule has 81 heavy (non-hydrogen) atoms. The van der Waals surface area contributed by atoms with Crippen LogP contribution in [0.5, 0.6) is 0 Å². The van der Waals surface area contributed by atoms with E-state index in [9.17, 15) is 43.2 Å². The third-order valence-corrected chi connectivity index (χ3v) is 16.3. The predicted molar refractivity (Wildman–Crippen MR) is 322 cm³/mol. The summed E-state index contributed by atoms with van der Waals surface area (Å²) in [6.45, 7) is 4.68. The number of aliphatic hydroxyl groups excluding tert-OH is 1. The normalized spacial score (nSPS) is 14.2. The molecule has 19 heteroatoms. The number of phosphoric ester groups is 2. The van der Waals surface area contributed by atoms with Gasteiger partial charge in [-0.3, -0.25) is 37.3 Å². The number of unbranched alkanes of at least 4 members (excludes halogenated alkanes) is 37. The molecule has 0 rings (SSSR count). The number of ether oxygens (including phenoxy) is 4. The quantitative estimate of drug-likeness (QED) is 0.0222. The Labute approximate surface area is 492 Å². The van der Waals surface area contributed by atoms with Crippen LogP contribution in [0.3, 0.4) is 0 Å². The van der Waals surface area contributed by atoms with Gasteiger partial charge in [-0.1, -0.05) is 265 Å². The molecule has 0 fully saturated rings. The average Bonchev–Trinajstić information content (AvgIpc) is 3.44. The van der Waals surface area contributed by atoms with Gasteiger partial charge in [0.15, 0.2) is 12.2 Å². The van der Waals surface area contributed by atoms with Crippen LogP contribution < -0.4 is 0 Å². The highest BCUT2D eigenvalue weighted by Crippen LogP contribution is 2.45. The molecule has 0 saturated carbocycles. The van der Waals surface area contributed by atoms with Crippen LogP contribution in [-0.2, 0) is 65.4 Å². The van der Waals surface area contributed by atoms with E-state index in [-0.39, 0.29) is 25.7 Å². The molecule has 17 nitrogen and oxygen atoms in total. The second-order valence-corrected chi connectivity index (χ2v) is 25.4. The summed E-state index contributed by atoms with van der Waals surface area (Å²) in [5.74, 6) is -2.16. The Kier molecular flexibility index (Phi) is 55.8. The monoisotopic (exact) mass is 1200 g/mol. The molecular formula is C62H120O17P2. The first-order valence-corrected chi connectivity index (χ1v) is 35.8. The van der Waals surface area contributed by atoms with E-state index in [4.69, 9.17) is 37.0 Å². The van der Waals surface area contributed by atoms with Gasteiger partial charge in [0.05, 0.1) is 26.4 Å². The highest BCUT2D eigenvalue weighted by Gasteiger charge is 2.30. The number of hydrogen-bond acceptors (Lipinski definition) is 15. The predicted octanol–water partition coefficient (Wildman–Crippen LogP) is 17.2. The molecule has 0 aliphatic carbocycles. The third kappa shape index (κ3) is 56.9. The smallest absolute Gasteiger partial charge is 0.462 e. The van der Waals surface area contributed by atoms with Gasteiger partial charge < -0.3 is 33.8 Å². The minimum Gasteiger partial charge on any atom is -0.462 e. The van der Waals surface area contributed by atoms with Crippen molar-refractivity contribution in [2.75, 3.05) is 39.6 Å². The molecule has 0 aromatic rings. The highest BCUT2D eigenvalue weighted by atomic mass is 31.2. The van der Waals surface area contributed by atoms with Gasteiger partial charge in [0.1, 0.15) is 19.3 Å². The van der Waals surface area contributed by atoms with E-state index in [0.717, 1.165) is 96.3 Å². The van der Waals surface area contributed by atoms with Crippen molar-refractivity contribution in [2.24, 2.45) is 0 Å². The Bertz CT molecular complexity index is 1570. The summed E-state index contributed by atoms with van der Waals surface area (Å²) < 4.78 is 67.4. The largest absolute Gasteiger partial charge is 0.472 e. The molecule has 0 aromatic heterocycles. The zero-order chi connectivity index (χ0) is 59.8. The molecule has 0 aliphatic heterocycles. The van der Waals surface area contributed by atoms with Crippen molar-refractivity contribution in [3.05, 3.63) is 0 Å². The van der Waals surface area contributed by atoms with E-state index in [2.05, 4.69) is 27.7 Å². The van der Waals surface area contributed by atoms with Crippen molar-refractivity contribution in [1.29, 1.82) is 0 Å². The molecule has 0 heterocycles. The molecule has 0 spiro atoms. The van der Waals surface area contributed by atoms with E-state index < -0.39 is 97.5 Å². The maximum Gasteiger partial charge on any atom is 0.472 e. The Morgan fingerprint density at radius 1 is 0.296 bits per heavy atom. The Hall–Kier alpha value is -1.94. The third-order valence-electron chi connectivity index (χ3n) is 14.4. The van der Waals surface area contributed by atoms with Crippen LogP contribution >= 0.6 is 15.6 Å². The lowest BCUT2D eigenvalue weighted by atomic mass is 10.0. The maximum absolute atomic E-state index is 13.0. The summed E-state index contributed by atoms with van der Waals surface area (Å²) in [5.41, 5.74) is 0. The van der Waals surface area contributed by atoms with Gasteiger partial charge in [-0.2, -0.15) is 0 Å². The second kappa shape index (κ2) is 57.2. The molecule has 0 radical (unpaired) electrons. The van der Waals surface area contributed by atoms with Crippen LogP contribution in [0.4, 0.5) is 0 Å². The van der Waals surface area contributed by atoms with Crippen molar-refractivity contribution < 1.29 is 80.2 Å². The van der Waals surface area contributed by atoms with Gasteiger partial charge >= 0.3 is 39.5 Å². The van der Waals surface area contributed by atoms with Gasteiger partial charge in [0.25, 0.3) is 0 Å². The number of carbonyl (C=O) groups excluding carboxylic acids is 4. The van der Waals surface area contributed by atoms with E-state index in [1.54, 1.807) is 0 Å². The number of phosphoric acid groups is 2. The molecule has 0 aromatic carbocycles. The molecule has 0 amide bonds. The van der Waals surface area contributed by atoms with Gasteiger partial charge in [0.2, 0.25) is 0 Å². The molecule has 2 unspecified atom stereocenters. The van der Waals surface area contributed by atoms with Crippen LogP contribution in [-0.4, -0.2) is 96.7 Å². The van der Waals surface area contributed by atoms with Crippen molar-refractivity contribution in [2.45, 2.75) is 335 Å². The number of esters is 4. The first-order chi connectivity index (χ1) is 39.2. The van der Waals surface area contributed by atoms with Crippen LogP contribution in [0.15, 0.2) is 0 Å². The van der Waals surface area contributed by atoms with E-state index >= 15 is 0 Å². The van der Waals surface area contributed by atoms with E-state index in [1.165, 1.54) is 141 Å². The molecule has 3 N–H and O–H groups in total. The van der Waals surface area contributed by atoms with Gasteiger partial charge in [-0.05, 0) is 25.7 Å². The van der Waals surface area contributed by atoms with Crippen LogP contribution in [0.1, 0.15) is 317 Å². The highest BCUT2D eigenvalue weighted by molar-refractivity contribution is 7.47. The fraction of sp³-hybridized carbons (Fsp3) is 0.935. The summed E-state index contributed by atoms with van der Waals surface area (Å²) in [7, 11) is -9.86. The fourth-order valence-corrected chi connectivity index (χ4v) is 10.9. The summed E-state index contributed by atoms with van der Waals surface area (Å²) in [6, 6.07) is 0. The van der Waals surface area contributed by atoms with E-state index in [1.807, 2.05) is 0 Å². The van der Waals surface area contributed by atoms with Gasteiger partial charge in [-0.25, -0.2) is 9.13 Å². The van der Waals surface area contributed by atoms with Crippen molar-refractivity contribution in [3.8, 4) is 0 Å². The van der Waals surface area contributed by atoms with Crippen molar-refractivity contribution >= 4 is 39.5 Å². The lowest BCUT2D eigenvalue weighted by Crippen LogP contribution is -2.30. The van der Waals surface area contributed by atoms with E-state index in [0.29, 0.717) is 25.7 Å². The minimum absolute atomic E-state index is 0.0991. The summed E-state index contributed by atoms with van der Waals surface area (Å²) in [6.07, 6.45) is 42.7. The standard InChI is InChI=1S/C62H120O17P2/c1-5-9-13-17-19-21-23-24-25-26-27-28-29-30-31-32-33-35-37-41-45-49-62(67)79-58(53-73-60(65)47-43-40-36-34-22-20-18-14-10-6-2)55-77-81(70,71)75-51-56(63)50-74-80(68,69)76-54-57(78-61(66)48-44-39-16-12-8-4)52-72-59(64)46-42-38-15-11-7-3/h56-58,63H,5-55H2,1-4H3,(H,68,69)(H,70,71)/t56-,57+,58+/m0/s1. The number of aliphatic hydroxyl groups is 1. The Morgan fingerprint density at radius 3 is 0.728 bits per heavy atom. The minimum atomic E-state index is -4.94. The lowest BCUT2D eigenvalue weighted by Gasteiger charge is -2.21. The summed E-state index contributed by atoms with van der Waals surface area (Å²) >= 11 is 0. The first-order valence-electron chi connectivity index (χ1n) is 32.8. The SMILES string of the molecule is CCCCCCCCCCCCCCCCCCCCCCCC(=O)O[C@H](COC(=O)CCCCCCCCCCCC)COP(=O)(O)OC[C@@H](O)COP(=O)(O)OC[C@@H](COC(=O)CCCCCCC)OC(=O)CCCCCCC. The second-order valence-electron chi connectivity index (χ2n) is 22.4. The summed E-state index contributed by atoms with van der Waals surface area (Å²) in [5, 5.41) is 10.5. The molecule has 0 bridgehead atoms. The maximum atomic E-state index is 13.0. The average molecular weight is 1200 g/mol. The molecule has 5 atom stereocenters. The van der Waals surface area contributed by atoms with Crippen molar-refractivity contribution in [3.63, 3.8) is 0 Å². The Morgan fingerprint density at radius 2 is 0.494 bits per heavy atom. The topological polar surface area (TPSA) is 237 Å². The lowest BCUT2D eigenvalue weighted by molar-refractivity contribution is -0.161. The summed E-state index contributed by atoms with van der Waals surface area (Å²) in [4.78, 5) is 71.5. The first kappa shape index (κ1) is 79.1. The number of hydrogen-bond donors (Lipinski definition) is 3. The molecule has 480 valence electrons. The zero-order valence-corrected chi connectivity index (χ0v) is 53.5.